The average Bonchev–Trinajstić information content (AvgIpc) is 2.65. The molecular formula is C20H22F3N3O2. The summed E-state index contributed by atoms with van der Waals surface area (Å²) in [5, 5.41) is 5.66. The smallest absolute Gasteiger partial charge is 0.345 e. The molecule has 0 radical (unpaired) electrons. The third kappa shape index (κ3) is 5.82. The van der Waals surface area contributed by atoms with E-state index in [-0.39, 0.29) is 24.4 Å². The summed E-state index contributed by atoms with van der Waals surface area (Å²) in [7, 11) is 3.28. The Labute approximate surface area is 161 Å². The van der Waals surface area contributed by atoms with E-state index in [4.69, 9.17) is 0 Å². The van der Waals surface area contributed by atoms with E-state index in [2.05, 4.69) is 10.6 Å². The lowest BCUT2D eigenvalue weighted by Crippen LogP contribution is -2.30. The van der Waals surface area contributed by atoms with E-state index in [0.717, 1.165) is 12.1 Å². The van der Waals surface area contributed by atoms with Crippen LogP contribution in [0.5, 0.6) is 0 Å². The summed E-state index contributed by atoms with van der Waals surface area (Å²) in [5.41, 5.74) is 0.864. The monoisotopic (exact) mass is 393 g/mol. The number of amides is 2. The van der Waals surface area contributed by atoms with Gasteiger partial charge in [0.25, 0.3) is 5.91 Å². The van der Waals surface area contributed by atoms with Crippen molar-refractivity contribution in [2.45, 2.75) is 19.1 Å². The fourth-order valence-corrected chi connectivity index (χ4v) is 2.52. The molecule has 0 saturated carbocycles. The van der Waals surface area contributed by atoms with Crippen LogP contribution in [0.3, 0.4) is 0 Å². The molecule has 0 spiro atoms. The van der Waals surface area contributed by atoms with Gasteiger partial charge in [0, 0.05) is 31.4 Å². The van der Waals surface area contributed by atoms with Crippen LogP contribution in [0, 0.1) is 0 Å². The Kier molecular flexibility index (Phi) is 6.80. The van der Waals surface area contributed by atoms with E-state index in [0.29, 0.717) is 16.8 Å². The van der Waals surface area contributed by atoms with Crippen molar-refractivity contribution in [3.8, 4) is 0 Å². The van der Waals surface area contributed by atoms with E-state index >= 15 is 0 Å². The van der Waals surface area contributed by atoms with Crippen molar-refractivity contribution in [3.63, 3.8) is 0 Å². The molecule has 0 bridgehead atoms. The maximum Gasteiger partial charge on any atom is 0.416 e. The molecule has 1 atom stereocenters. The minimum atomic E-state index is -4.38. The van der Waals surface area contributed by atoms with Crippen LogP contribution in [-0.2, 0) is 11.0 Å². The van der Waals surface area contributed by atoms with Crippen LogP contribution in [0.25, 0.3) is 0 Å². The van der Waals surface area contributed by atoms with Gasteiger partial charge in [0.2, 0.25) is 5.91 Å². The number of carbonyl (C=O) groups excluding carboxylic acids is 2. The maximum atomic E-state index is 12.6. The van der Waals surface area contributed by atoms with Crippen molar-refractivity contribution in [2.24, 2.45) is 0 Å². The van der Waals surface area contributed by atoms with Crippen LogP contribution in [0.1, 0.15) is 34.5 Å². The van der Waals surface area contributed by atoms with Gasteiger partial charge in [-0.05, 0) is 42.8 Å². The molecule has 0 aromatic heterocycles. The summed E-state index contributed by atoms with van der Waals surface area (Å²) < 4.78 is 37.8. The van der Waals surface area contributed by atoms with Crippen LogP contribution in [-0.4, -0.2) is 37.4 Å². The molecule has 0 aliphatic rings. The van der Waals surface area contributed by atoms with Gasteiger partial charge in [-0.1, -0.05) is 18.2 Å². The van der Waals surface area contributed by atoms with Crippen molar-refractivity contribution in [2.75, 3.05) is 26.0 Å². The largest absolute Gasteiger partial charge is 0.416 e. The zero-order valence-corrected chi connectivity index (χ0v) is 15.8. The average molecular weight is 393 g/mol. The maximum absolute atomic E-state index is 12.6. The van der Waals surface area contributed by atoms with Gasteiger partial charge in [-0.2, -0.15) is 13.2 Å². The molecule has 8 heteroatoms. The van der Waals surface area contributed by atoms with Crippen molar-refractivity contribution in [3.05, 3.63) is 65.2 Å². The predicted octanol–water partition coefficient (Wildman–Crippen LogP) is 3.70. The minimum Gasteiger partial charge on any atom is -0.345 e. The molecule has 2 amide bonds. The molecule has 2 aromatic rings. The number of alkyl halides is 3. The number of hydrogen-bond donors (Lipinski definition) is 2. The lowest BCUT2D eigenvalue weighted by Gasteiger charge is -2.16. The molecule has 5 nitrogen and oxygen atoms in total. The molecule has 2 N–H and O–H groups in total. The van der Waals surface area contributed by atoms with Crippen LogP contribution in [0.4, 0.5) is 18.9 Å². The molecular weight excluding hydrogens is 371 g/mol. The Balaban J connectivity index is 1.92. The van der Waals surface area contributed by atoms with E-state index in [9.17, 15) is 22.8 Å². The number of benzene rings is 2. The number of anilines is 1. The first-order chi connectivity index (χ1) is 13.1. The second-order valence-electron chi connectivity index (χ2n) is 6.55. The van der Waals surface area contributed by atoms with Gasteiger partial charge in [-0.15, -0.1) is 0 Å². The Bertz CT molecular complexity index is 833. The first-order valence-electron chi connectivity index (χ1n) is 8.60. The Morgan fingerprint density at radius 2 is 1.71 bits per heavy atom. The van der Waals surface area contributed by atoms with Crippen LogP contribution in [0.2, 0.25) is 0 Å². The van der Waals surface area contributed by atoms with Gasteiger partial charge < -0.3 is 15.5 Å². The van der Waals surface area contributed by atoms with E-state index < -0.39 is 11.7 Å². The van der Waals surface area contributed by atoms with Gasteiger partial charge in [0.15, 0.2) is 0 Å². The number of hydrogen-bond acceptors (Lipinski definition) is 3. The molecule has 0 saturated heterocycles. The van der Waals surface area contributed by atoms with Gasteiger partial charge in [0.1, 0.15) is 0 Å². The third-order valence-corrected chi connectivity index (χ3v) is 4.11. The molecule has 0 heterocycles. The molecule has 0 aliphatic carbocycles. The topological polar surface area (TPSA) is 61.4 Å². The van der Waals surface area contributed by atoms with E-state index in [1.807, 2.05) is 0 Å². The minimum absolute atomic E-state index is 0.0337. The number of rotatable bonds is 6. The van der Waals surface area contributed by atoms with Crippen LogP contribution >= 0.6 is 0 Å². The normalized spacial score (nSPS) is 12.4. The van der Waals surface area contributed by atoms with Crippen molar-refractivity contribution in [1.82, 2.24) is 10.2 Å². The third-order valence-electron chi connectivity index (χ3n) is 4.11. The molecule has 0 fully saturated rings. The molecule has 150 valence electrons. The summed E-state index contributed by atoms with van der Waals surface area (Å²) in [6.45, 7) is 1.72. The zero-order chi connectivity index (χ0) is 20.9. The summed E-state index contributed by atoms with van der Waals surface area (Å²) in [6.07, 6.45) is -4.38. The van der Waals surface area contributed by atoms with E-state index in [1.54, 1.807) is 45.3 Å². The van der Waals surface area contributed by atoms with E-state index in [1.165, 1.54) is 17.0 Å². The second-order valence-corrected chi connectivity index (χ2v) is 6.55. The summed E-state index contributed by atoms with van der Waals surface area (Å²) in [4.78, 5) is 25.5. The first-order valence-corrected chi connectivity index (χ1v) is 8.60. The number of halogens is 3. The quantitative estimate of drug-likeness (QED) is 0.787. The number of carbonyl (C=O) groups is 2. The highest BCUT2D eigenvalue weighted by Crippen LogP contribution is 2.29. The van der Waals surface area contributed by atoms with Crippen molar-refractivity contribution >= 4 is 17.5 Å². The Morgan fingerprint density at radius 1 is 1.07 bits per heavy atom. The molecule has 0 aliphatic heterocycles. The zero-order valence-electron chi connectivity index (χ0n) is 15.8. The summed E-state index contributed by atoms with van der Waals surface area (Å²) in [5.74, 6) is -0.502. The van der Waals surface area contributed by atoms with Gasteiger partial charge >= 0.3 is 6.18 Å². The van der Waals surface area contributed by atoms with Crippen molar-refractivity contribution < 1.29 is 22.8 Å². The Hall–Kier alpha value is -2.87. The molecule has 28 heavy (non-hydrogen) atoms. The summed E-state index contributed by atoms with van der Waals surface area (Å²) >= 11 is 0. The fourth-order valence-electron chi connectivity index (χ4n) is 2.52. The Morgan fingerprint density at radius 3 is 2.29 bits per heavy atom. The standard InChI is InChI=1S/C20H22F3N3O2/c1-13(14-7-9-16(10-8-14)20(21,22)23)24-12-18(27)25-17-6-4-5-15(11-17)19(28)26(2)3/h4-11,13,24H,12H2,1-3H3,(H,25,27)/t13-/m1/s1. The fraction of sp³-hybridized carbons (Fsp3) is 0.300. The highest BCUT2D eigenvalue weighted by molar-refractivity contribution is 5.97. The summed E-state index contributed by atoms with van der Waals surface area (Å²) in [6, 6.07) is 11.1. The number of nitrogens with zero attached hydrogens (tertiary/aromatic N) is 1. The van der Waals surface area contributed by atoms with Gasteiger partial charge in [-0.25, -0.2) is 0 Å². The second kappa shape index (κ2) is 8.88. The molecule has 2 rings (SSSR count). The highest BCUT2D eigenvalue weighted by Gasteiger charge is 2.30. The van der Waals surface area contributed by atoms with Crippen molar-refractivity contribution in [1.29, 1.82) is 0 Å². The highest BCUT2D eigenvalue weighted by atomic mass is 19.4. The van der Waals surface area contributed by atoms with Crippen LogP contribution in [0.15, 0.2) is 48.5 Å². The lowest BCUT2D eigenvalue weighted by atomic mass is 10.1. The lowest BCUT2D eigenvalue weighted by molar-refractivity contribution is -0.137. The molecule has 2 aromatic carbocycles. The van der Waals surface area contributed by atoms with Gasteiger partial charge in [0.05, 0.1) is 12.1 Å². The number of nitrogens with one attached hydrogen (secondary N) is 2. The SMILES string of the molecule is C[C@@H](NCC(=O)Nc1cccc(C(=O)N(C)C)c1)c1ccc(C(F)(F)F)cc1. The first kappa shape index (κ1) is 21.4. The predicted molar refractivity (Wildman–Crippen MR) is 101 cm³/mol. The molecule has 0 unspecified atom stereocenters. The van der Waals surface area contributed by atoms with Crippen LogP contribution < -0.4 is 10.6 Å². The van der Waals surface area contributed by atoms with Gasteiger partial charge in [-0.3, -0.25) is 9.59 Å².